The van der Waals surface area contributed by atoms with Crippen LogP contribution in [0.15, 0.2) is 0 Å². The molecule has 0 saturated carbocycles. The molecule has 2 unspecified atom stereocenters. The zero-order valence-electron chi connectivity index (χ0n) is 6.22. The summed E-state index contributed by atoms with van der Waals surface area (Å²) in [7, 11) is 1.65. The zero-order chi connectivity index (χ0) is 7.28. The Bertz CT molecular complexity index is 60.1. The second-order valence-electron chi connectivity index (χ2n) is 2.00. The molecule has 56 valence electrons. The van der Waals surface area contributed by atoms with E-state index in [9.17, 15) is 0 Å². The van der Waals surface area contributed by atoms with E-state index in [1.165, 1.54) is 0 Å². The van der Waals surface area contributed by atoms with Gasteiger partial charge in [-0.3, -0.25) is 5.32 Å². The summed E-state index contributed by atoms with van der Waals surface area (Å²) in [5, 5.41) is 11.4. The van der Waals surface area contributed by atoms with Gasteiger partial charge in [0, 0.05) is 0 Å². The van der Waals surface area contributed by atoms with E-state index < -0.39 is 6.41 Å². The number of nitrogens with one attached hydrogen (secondary N) is 1. The third-order valence-corrected chi connectivity index (χ3v) is 1.18. The molecule has 0 spiro atoms. The van der Waals surface area contributed by atoms with Gasteiger partial charge in [0.05, 0.1) is 6.10 Å². The maximum Gasteiger partial charge on any atom is 0.213 e. The topological polar surface area (TPSA) is 41.5 Å². The first kappa shape index (κ1) is 8.88. The Kier molecular flexibility index (Phi) is 4.67. The summed E-state index contributed by atoms with van der Waals surface area (Å²) in [6, 6.07) is 0. The minimum Gasteiger partial charge on any atom is -0.356 e. The Morgan fingerprint density at radius 1 is 1.67 bits per heavy atom. The Balaban J connectivity index is 3.22. The summed E-state index contributed by atoms with van der Waals surface area (Å²) < 4.78 is 4.99. The summed E-state index contributed by atoms with van der Waals surface area (Å²) >= 11 is 0. The van der Waals surface area contributed by atoms with Crippen LogP contribution in [-0.2, 0) is 4.74 Å². The van der Waals surface area contributed by atoms with Crippen LogP contribution in [0.2, 0.25) is 0 Å². The van der Waals surface area contributed by atoms with Crippen LogP contribution in [0, 0.1) is 0 Å². The van der Waals surface area contributed by atoms with Crippen LogP contribution in [0.1, 0.15) is 20.3 Å². The maximum atomic E-state index is 8.83. The van der Waals surface area contributed by atoms with Gasteiger partial charge in [0.25, 0.3) is 0 Å². The van der Waals surface area contributed by atoms with E-state index >= 15 is 0 Å². The Morgan fingerprint density at radius 3 is 2.56 bits per heavy atom. The minimum absolute atomic E-state index is 0.118. The first-order valence-corrected chi connectivity index (χ1v) is 3.21. The first-order chi connectivity index (χ1) is 4.20. The lowest BCUT2D eigenvalue weighted by atomic mass is 10.3. The van der Waals surface area contributed by atoms with E-state index in [0.29, 0.717) is 0 Å². The van der Waals surface area contributed by atoms with Gasteiger partial charge in [0.2, 0.25) is 6.41 Å². The number of hydrogen-bond acceptors (Lipinski definition) is 3. The number of aliphatic hydroxyl groups excluding tert-OH is 1. The summed E-state index contributed by atoms with van der Waals surface area (Å²) in [5.41, 5.74) is 0. The standard InChI is InChI=1S/C6H15NO2/c1-4-5(2)9-6(8)7-3/h5-8H,4H2,1-3H3. The predicted molar refractivity (Wildman–Crippen MR) is 35.9 cm³/mol. The number of rotatable bonds is 4. The monoisotopic (exact) mass is 133 g/mol. The Hall–Kier alpha value is -0.120. The quantitative estimate of drug-likeness (QED) is 0.542. The lowest BCUT2D eigenvalue weighted by Gasteiger charge is -2.15. The van der Waals surface area contributed by atoms with Crippen molar-refractivity contribution in [3.63, 3.8) is 0 Å². The van der Waals surface area contributed by atoms with Gasteiger partial charge in [0.15, 0.2) is 0 Å². The predicted octanol–water partition coefficient (Wildman–Crippen LogP) is 0.297. The summed E-state index contributed by atoms with van der Waals surface area (Å²) in [4.78, 5) is 0. The van der Waals surface area contributed by atoms with Crippen molar-refractivity contribution in [2.45, 2.75) is 32.8 Å². The highest BCUT2D eigenvalue weighted by Crippen LogP contribution is 1.96. The van der Waals surface area contributed by atoms with Crippen LogP contribution in [0.4, 0.5) is 0 Å². The highest BCUT2D eigenvalue weighted by Gasteiger charge is 2.03. The molecule has 0 aromatic carbocycles. The number of hydrogen-bond donors (Lipinski definition) is 2. The van der Waals surface area contributed by atoms with Crippen molar-refractivity contribution in [2.75, 3.05) is 7.05 Å². The molecule has 0 fully saturated rings. The largest absolute Gasteiger partial charge is 0.356 e. The van der Waals surface area contributed by atoms with Gasteiger partial charge in [-0.1, -0.05) is 6.92 Å². The highest BCUT2D eigenvalue weighted by atomic mass is 16.6. The molecule has 0 aliphatic heterocycles. The molecule has 3 heteroatoms. The van der Waals surface area contributed by atoms with Crippen molar-refractivity contribution in [1.82, 2.24) is 5.32 Å². The molecule has 9 heavy (non-hydrogen) atoms. The van der Waals surface area contributed by atoms with Crippen molar-refractivity contribution in [3.8, 4) is 0 Å². The molecule has 0 heterocycles. The van der Waals surface area contributed by atoms with Crippen molar-refractivity contribution in [2.24, 2.45) is 0 Å². The molecule has 0 aliphatic rings. The van der Waals surface area contributed by atoms with Crippen molar-refractivity contribution < 1.29 is 9.84 Å². The van der Waals surface area contributed by atoms with Crippen molar-refractivity contribution in [1.29, 1.82) is 0 Å². The first-order valence-electron chi connectivity index (χ1n) is 3.21. The summed E-state index contributed by atoms with van der Waals surface area (Å²) in [6.07, 6.45) is 0.214. The van der Waals surface area contributed by atoms with E-state index in [4.69, 9.17) is 9.84 Å². The van der Waals surface area contributed by atoms with Crippen molar-refractivity contribution in [3.05, 3.63) is 0 Å². The molecule has 0 aromatic rings. The molecule has 0 amide bonds. The molecule has 0 radical (unpaired) electrons. The van der Waals surface area contributed by atoms with Gasteiger partial charge >= 0.3 is 0 Å². The SMILES string of the molecule is CCC(C)OC(O)NC. The normalized spacial score (nSPS) is 17.3. The molecule has 0 aromatic heterocycles. The van der Waals surface area contributed by atoms with Crippen molar-refractivity contribution >= 4 is 0 Å². The van der Waals surface area contributed by atoms with Gasteiger partial charge < -0.3 is 9.84 Å². The average molecular weight is 133 g/mol. The molecule has 2 N–H and O–H groups in total. The van der Waals surface area contributed by atoms with Gasteiger partial charge in [0.1, 0.15) is 0 Å². The Labute approximate surface area is 56.0 Å². The maximum absolute atomic E-state index is 8.83. The molecular weight excluding hydrogens is 118 g/mol. The molecule has 3 nitrogen and oxygen atoms in total. The summed E-state index contributed by atoms with van der Waals surface area (Å²) in [6.45, 7) is 3.92. The van der Waals surface area contributed by atoms with Crippen LogP contribution in [0.25, 0.3) is 0 Å². The second kappa shape index (κ2) is 4.73. The highest BCUT2D eigenvalue weighted by molar-refractivity contribution is 4.43. The fourth-order valence-electron chi connectivity index (χ4n) is 0.384. The smallest absolute Gasteiger partial charge is 0.213 e. The second-order valence-corrected chi connectivity index (χ2v) is 2.00. The Morgan fingerprint density at radius 2 is 2.22 bits per heavy atom. The zero-order valence-corrected chi connectivity index (χ0v) is 6.22. The minimum atomic E-state index is -0.819. The van der Waals surface area contributed by atoms with Crippen LogP contribution in [0.5, 0.6) is 0 Å². The van der Waals surface area contributed by atoms with Gasteiger partial charge in [-0.05, 0) is 20.4 Å². The van der Waals surface area contributed by atoms with E-state index in [1.54, 1.807) is 7.05 Å². The molecule has 0 aliphatic carbocycles. The molecule has 2 atom stereocenters. The molecule has 0 rings (SSSR count). The number of aliphatic hydroxyl groups is 1. The van der Waals surface area contributed by atoms with Crippen LogP contribution >= 0.6 is 0 Å². The van der Waals surface area contributed by atoms with Crippen LogP contribution < -0.4 is 5.32 Å². The third kappa shape index (κ3) is 4.39. The summed E-state index contributed by atoms with van der Waals surface area (Å²) in [5.74, 6) is 0. The van der Waals surface area contributed by atoms with Gasteiger partial charge in [-0.15, -0.1) is 0 Å². The van der Waals surface area contributed by atoms with E-state index in [2.05, 4.69) is 5.32 Å². The van der Waals surface area contributed by atoms with E-state index in [0.717, 1.165) is 6.42 Å². The van der Waals surface area contributed by atoms with Crippen LogP contribution in [-0.4, -0.2) is 24.7 Å². The molecular formula is C6H15NO2. The number of ether oxygens (including phenoxy) is 1. The lowest BCUT2D eigenvalue weighted by Crippen LogP contribution is -2.30. The van der Waals surface area contributed by atoms with E-state index in [-0.39, 0.29) is 6.10 Å². The molecule has 0 saturated heterocycles. The van der Waals surface area contributed by atoms with Gasteiger partial charge in [-0.25, -0.2) is 0 Å². The lowest BCUT2D eigenvalue weighted by molar-refractivity contribution is -0.145. The van der Waals surface area contributed by atoms with E-state index in [1.807, 2.05) is 13.8 Å². The third-order valence-electron chi connectivity index (χ3n) is 1.18. The van der Waals surface area contributed by atoms with Gasteiger partial charge in [-0.2, -0.15) is 0 Å². The average Bonchev–Trinajstić information content (AvgIpc) is 1.87. The molecule has 0 bridgehead atoms. The van der Waals surface area contributed by atoms with Crippen LogP contribution in [0.3, 0.4) is 0 Å². The fourth-order valence-corrected chi connectivity index (χ4v) is 0.384. The fraction of sp³-hybridized carbons (Fsp3) is 1.00.